The predicted octanol–water partition coefficient (Wildman–Crippen LogP) is 1.85. The SMILES string of the molecule is CC(C)(C)OC(=O)N1CCCC(CNCCc2ncon2)C1. The molecule has 1 saturated heterocycles. The second kappa shape index (κ2) is 7.58. The van der Waals surface area contributed by atoms with Gasteiger partial charge in [-0.15, -0.1) is 0 Å². The van der Waals surface area contributed by atoms with Gasteiger partial charge in [0.1, 0.15) is 5.60 Å². The summed E-state index contributed by atoms with van der Waals surface area (Å²) in [5, 5.41) is 7.17. The van der Waals surface area contributed by atoms with E-state index in [1.165, 1.54) is 6.39 Å². The van der Waals surface area contributed by atoms with Crippen molar-refractivity contribution in [2.75, 3.05) is 26.2 Å². The Balaban J connectivity index is 1.68. The number of hydrogen-bond acceptors (Lipinski definition) is 6. The van der Waals surface area contributed by atoms with Crippen molar-refractivity contribution >= 4 is 6.09 Å². The largest absolute Gasteiger partial charge is 0.444 e. The zero-order valence-corrected chi connectivity index (χ0v) is 13.7. The Kier molecular flexibility index (Phi) is 5.76. The average Bonchev–Trinajstić information content (AvgIpc) is 2.95. The summed E-state index contributed by atoms with van der Waals surface area (Å²) >= 11 is 0. The molecule has 0 aromatic carbocycles. The number of hydrogen-bond donors (Lipinski definition) is 1. The lowest BCUT2D eigenvalue weighted by Crippen LogP contribution is -2.45. The highest BCUT2D eigenvalue weighted by atomic mass is 16.6. The van der Waals surface area contributed by atoms with Crippen LogP contribution in [-0.4, -0.2) is 52.9 Å². The van der Waals surface area contributed by atoms with E-state index in [2.05, 4.69) is 15.5 Å². The molecular formula is C15H26N4O3. The van der Waals surface area contributed by atoms with Gasteiger partial charge >= 0.3 is 6.09 Å². The first-order chi connectivity index (χ1) is 10.4. The molecule has 0 bridgehead atoms. The number of amides is 1. The van der Waals surface area contributed by atoms with Crippen LogP contribution in [0.25, 0.3) is 0 Å². The second-order valence-corrected chi connectivity index (χ2v) is 6.74. The van der Waals surface area contributed by atoms with Crippen molar-refractivity contribution < 1.29 is 14.1 Å². The Morgan fingerprint density at radius 1 is 1.55 bits per heavy atom. The third kappa shape index (κ3) is 5.63. The summed E-state index contributed by atoms with van der Waals surface area (Å²) in [6.07, 6.45) is 4.04. The third-order valence-electron chi connectivity index (χ3n) is 3.54. The van der Waals surface area contributed by atoms with E-state index in [1.807, 2.05) is 25.7 Å². The molecule has 1 aromatic rings. The van der Waals surface area contributed by atoms with E-state index in [1.54, 1.807) is 0 Å². The van der Waals surface area contributed by atoms with Gasteiger partial charge in [-0.2, -0.15) is 4.98 Å². The van der Waals surface area contributed by atoms with Crippen molar-refractivity contribution in [1.82, 2.24) is 20.4 Å². The molecule has 0 aliphatic carbocycles. The van der Waals surface area contributed by atoms with Gasteiger partial charge in [-0.1, -0.05) is 5.16 Å². The van der Waals surface area contributed by atoms with Gasteiger partial charge in [0.25, 0.3) is 0 Å². The zero-order valence-electron chi connectivity index (χ0n) is 13.7. The summed E-state index contributed by atoms with van der Waals surface area (Å²) in [5.41, 5.74) is -0.438. The molecule has 1 amide bonds. The van der Waals surface area contributed by atoms with Crippen LogP contribution >= 0.6 is 0 Å². The van der Waals surface area contributed by atoms with E-state index >= 15 is 0 Å². The zero-order chi connectivity index (χ0) is 16.0. The molecule has 1 aromatic heterocycles. The van der Waals surface area contributed by atoms with Gasteiger partial charge in [0.15, 0.2) is 5.82 Å². The molecule has 0 spiro atoms. The monoisotopic (exact) mass is 310 g/mol. The maximum atomic E-state index is 12.1. The highest BCUT2D eigenvalue weighted by Gasteiger charge is 2.27. The lowest BCUT2D eigenvalue weighted by molar-refractivity contribution is 0.0166. The molecule has 1 unspecified atom stereocenters. The predicted molar refractivity (Wildman–Crippen MR) is 81.4 cm³/mol. The van der Waals surface area contributed by atoms with E-state index in [0.717, 1.165) is 45.4 Å². The summed E-state index contributed by atoms with van der Waals surface area (Å²) in [7, 11) is 0. The standard InChI is InChI=1S/C15H26N4O3/c1-15(2,3)22-14(20)19-8-4-5-12(10-19)9-16-7-6-13-17-11-21-18-13/h11-12,16H,4-10H2,1-3H3. The number of carbonyl (C=O) groups is 1. The lowest BCUT2D eigenvalue weighted by atomic mass is 9.98. The fraction of sp³-hybridized carbons (Fsp3) is 0.800. The fourth-order valence-corrected chi connectivity index (χ4v) is 2.53. The molecule has 1 aliphatic heterocycles. The second-order valence-electron chi connectivity index (χ2n) is 6.74. The van der Waals surface area contributed by atoms with Crippen molar-refractivity contribution in [1.29, 1.82) is 0 Å². The Labute approximate surface area is 131 Å². The van der Waals surface area contributed by atoms with Crippen LogP contribution in [0.1, 0.15) is 39.4 Å². The molecule has 0 radical (unpaired) electrons. The van der Waals surface area contributed by atoms with Gasteiger partial charge in [-0.25, -0.2) is 4.79 Å². The van der Waals surface area contributed by atoms with Crippen molar-refractivity contribution in [3.05, 3.63) is 12.2 Å². The van der Waals surface area contributed by atoms with Crippen LogP contribution in [0.2, 0.25) is 0 Å². The highest BCUT2D eigenvalue weighted by molar-refractivity contribution is 5.68. The molecular weight excluding hydrogens is 284 g/mol. The summed E-state index contributed by atoms with van der Waals surface area (Å²) < 4.78 is 10.1. The van der Waals surface area contributed by atoms with Crippen LogP contribution in [-0.2, 0) is 11.2 Å². The number of piperidine rings is 1. The smallest absolute Gasteiger partial charge is 0.410 e. The summed E-state index contributed by atoms with van der Waals surface area (Å²) in [6.45, 7) is 8.92. The van der Waals surface area contributed by atoms with Crippen LogP contribution in [0.5, 0.6) is 0 Å². The molecule has 2 heterocycles. The third-order valence-corrected chi connectivity index (χ3v) is 3.54. The Hall–Kier alpha value is -1.63. The summed E-state index contributed by atoms with van der Waals surface area (Å²) in [4.78, 5) is 17.9. The van der Waals surface area contributed by atoms with E-state index in [4.69, 9.17) is 9.26 Å². The number of rotatable bonds is 5. The molecule has 1 N–H and O–H groups in total. The number of nitrogens with zero attached hydrogens (tertiary/aromatic N) is 3. The van der Waals surface area contributed by atoms with Crippen molar-refractivity contribution in [2.24, 2.45) is 5.92 Å². The van der Waals surface area contributed by atoms with Crippen LogP contribution < -0.4 is 5.32 Å². The molecule has 7 heteroatoms. The van der Waals surface area contributed by atoms with Crippen LogP contribution in [0.3, 0.4) is 0 Å². The minimum atomic E-state index is -0.438. The lowest BCUT2D eigenvalue weighted by Gasteiger charge is -2.34. The van der Waals surface area contributed by atoms with Crippen LogP contribution in [0.15, 0.2) is 10.9 Å². The number of nitrogens with one attached hydrogen (secondary N) is 1. The maximum Gasteiger partial charge on any atom is 0.410 e. The molecule has 22 heavy (non-hydrogen) atoms. The first-order valence-corrected chi connectivity index (χ1v) is 7.88. The first-order valence-electron chi connectivity index (χ1n) is 7.88. The number of likely N-dealkylation sites (tertiary alicyclic amines) is 1. The highest BCUT2D eigenvalue weighted by Crippen LogP contribution is 2.18. The van der Waals surface area contributed by atoms with Crippen molar-refractivity contribution in [3.63, 3.8) is 0 Å². The summed E-state index contributed by atoms with van der Waals surface area (Å²) in [5.74, 6) is 1.18. The van der Waals surface area contributed by atoms with E-state index in [-0.39, 0.29) is 6.09 Å². The number of ether oxygens (including phenoxy) is 1. The van der Waals surface area contributed by atoms with Gasteiger partial charge in [-0.05, 0) is 46.1 Å². The molecule has 2 rings (SSSR count). The Bertz CT molecular complexity index is 456. The van der Waals surface area contributed by atoms with Gasteiger partial charge in [0.2, 0.25) is 6.39 Å². The maximum absolute atomic E-state index is 12.1. The quantitative estimate of drug-likeness (QED) is 0.836. The normalized spacial score (nSPS) is 19.2. The minimum Gasteiger partial charge on any atom is -0.444 e. The number of carbonyl (C=O) groups excluding carboxylic acids is 1. The number of aromatic nitrogens is 2. The Morgan fingerprint density at radius 2 is 2.36 bits per heavy atom. The van der Waals surface area contributed by atoms with Crippen LogP contribution in [0.4, 0.5) is 4.79 Å². The molecule has 1 aliphatic rings. The topological polar surface area (TPSA) is 80.5 Å². The summed E-state index contributed by atoms with van der Waals surface area (Å²) in [6, 6.07) is 0. The van der Waals surface area contributed by atoms with Crippen molar-refractivity contribution in [3.8, 4) is 0 Å². The first kappa shape index (κ1) is 16.7. The Morgan fingerprint density at radius 3 is 3.05 bits per heavy atom. The molecule has 0 saturated carbocycles. The van der Waals surface area contributed by atoms with Crippen molar-refractivity contribution in [2.45, 2.75) is 45.6 Å². The molecule has 124 valence electrons. The molecule has 1 atom stereocenters. The fourth-order valence-electron chi connectivity index (χ4n) is 2.53. The minimum absolute atomic E-state index is 0.205. The average molecular weight is 310 g/mol. The van der Waals surface area contributed by atoms with Crippen LogP contribution in [0, 0.1) is 5.92 Å². The van der Waals surface area contributed by atoms with E-state index < -0.39 is 5.60 Å². The van der Waals surface area contributed by atoms with Gasteiger partial charge in [0.05, 0.1) is 0 Å². The molecule has 7 nitrogen and oxygen atoms in total. The van der Waals surface area contributed by atoms with E-state index in [0.29, 0.717) is 11.7 Å². The van der Waals surface area contributed by atoms with Gasteiger partial charge < -0.3 is 19.5 Å². The van der Waals surface area contributed by atoms with Gasteiger partial charge in [0, 0.05) is 26.1 Å². The van der Waals surface area contributed by atoms with E-state index in [9.17, 15) is 4.79 Å². The van der Waals surface area contributed by atoms with Gasteiger partial charge in [-0.3, -0.25) is 0 Å². The molecule has 1 fully saturated rings.